The summed E-state index contributed by atoms with van der Waals surface area (Å²) in [4.78, 5) is 3.95. The quantitative estimate of drug-likeness (QED) is 0.767. The molecule has 2 aromatic rings. The highest BCUT2D eigenvalue weighted by Gasteiger charge is 2.04. The third-order valence-corrected chi connectivity index (χ3v) is 2.26. The van der Waals surface area contributed by atoms with Gasteiger partial charge in [0.05, 0.1) is 4.47 Å². The molecule has 0 atom stereocenters. The number of aromatic nitrogens is 1. The Kier molecular flexibility index (Phi) is 2.14. The van der Waals surface area contributed by atoms with E-state index in [1.54, 1.807) is 12.1 Å². The zero-order valence-electron chi connectivity index (χ0n) is 6.50. The second-order valence-electron chi connectivity index (χ2n) is 2.50. The van der Waals surface area contributed by atoms with Crippen LogP contribution in [0.25, 0.3) is 11.3 Å². The van der Waals surface area contributed by atoms with Gasteiger partial charge in [-0.05, 0) is 34.1 Å². The van der Waals surface area contributed by atoms with Gasteiger partial charge in [-0.2, -0.15) is 0 Å². The summed E-state index contributed by atoms with van der Waals surface area (Å²) in [6.07, 6.45) is 2.85. The van der Waals surface area contributed by atoms with E-state index in [4.69, 9.17) is 4.42 Å². The van der Waals surface area contributed by atoms with Gasteiger partial charge in [0, 0.05) is 5.56 Å². The van der Waals surface area contributed by atoms with E-state index in [1.807, 2.05) is 0 Å². The Hall–Kier alpha value is -1.16. The molecule has 0 fully saturated rings. The van der Waals surface area contributed by atoms with E-state index in [1.165, 1.54) is 18.7 Å². The van der Waals surface area contributed by atoms with Gasteiger partial charge in [0.1, 0.15) is 17.8 Å². The molecule has 0 N–H and O–H groups in total. The topological polar surface area (TPSA) is 26.0 Å². The molecule has 1 heterocycles. The monoisotopic (exact) mass is 241 g/mol. The molecule has 2 nitrogen and oxygen atoms in total. The van der Waals surface area contributed by atoms with Crippen LogP contribution in [0, 0.1) is 5.82 Å². The molecular formula is C9H5BrFNO. The van der Waals surface area contributed by atoms with E-state index in [9.17, 15) is 4.39 Å². The summed E-state index contributed by atoms with van der Waals surface area (Å²) < 4.78 is 18.1. The lowest BCUT2D eigenvalue weighted by atomic mass is 10.2. The van der Waals surface area contributed by atoms with Crippen LogP contribution in [-0.2, 0) is 0 Å². The Morgan fingerprint density at radius 2 is 2.23 bits per heavy atom. The van der Waals surface area contributed by atoms with Crippen molar-refractivity contribution in [2.24, 2.45) is 0 Å². The molecular weight excluding hydrogens is 237 g/mol. The van der Waals surface area contributed by atoms with E-state index >= 15 is 0 Å². The van der Waals surface area contributed by atoms with Gasteiger partial charge in [-0.1, -0.05) is 0 Å². The van der Waals surface area contributed by atoms with Crippen molar-refractivity contribution >= 4 is 15.9 Å². The smallest absolute Gasteiger partial charge is 0.181 e. The summed E-state index contributed by atoms with van der Waals surface area (Å²) in [6, 6.07) is 4.69. The number of nitrogens with zero attached hydrogens (tertiary/aromatic N) is 1. The molecule has 0 aliphatic carbocycles. The SMILES string of the molecule is Fc1ccc(-c2cocn2)cc1Br. The standard InChI is InChI=1S/C9H5BrFNO/c10-7-3-6(1-2-8(7)11)9-4-13-5-12-9/h1-5H. The second kappa shape index (κ2) is 3.30. The van der Waals surface area contributed by atoms with Crippen molar-refractivity contribution in [2.75, 3.05) is 0 Å². The van der Waals surface area contributed by atoms with Gasteiger partial charge in [-0.15, -0.1) is 0 Å². The van der Waals surface area contributed by atoms with Crippen LogP contribution in [0.1, 0.15) is 0 Å². The minimum absolute atomic E-state index is 0.285. The highest BCUT2D eigenvalue weighted by atomic mass is 79.9. The van der Waals surface area contributed by atoms with Crippen molar-refractivity contribution in [1.29, 1.82) is 0 Å². The number of oxazole rings is 1. The summed E-state index contributed by atoms with van der Waals surface area (Å²) in [5.74, 6) is -0.285. The molecule has 1 aromatic carbocycles. The maximum absolute atomic E-state index is 12.8. The van der Waals surface area contributed by atoms with Crippen LogP contribution in [0.5, 0.6) is 0 Å². The number of halogens is 2. The first-order valence-electron chi connectivity index (χ1n) is 3.61. The lowest BCUT2D eigenvalue weighted by Crippen LogP contribution is -1.80. The molecule has 0 unspecified atom stereocenters. The van der Waals surface area contributed by atoms with Crippen molar-refractivity contribution in [3.8, 4) is 11.3 Å². The highest BCUT2D eigenvalue weighted by molar-refractivity contribution is 9.10. The summed E-state index contributed by atoms with van der Waals surface area (Å²) in [6.45, 7) is 0. The summed E-state index contributed by atoms with van der Waals surface area (Å²) in [5.41, 5.74) is 1.52. The van der Waals surface area contributed by atoms with Gasteiger partial charge in [-0.3, -0.25) is 0 Å². The Bertz CT molecular complexity index is 414. The van der Waals surface area contributed by atoms with Crippen molar-refractivity contribution in [1.82, 2.24) is 4.98 Å². The molecule has 0 aliphatic rings. The minimum atomic E-state index is -0.285. The molecule has 0 amide bonds. The summed E-state index contributed by atoms with van der Waals surface area (Å²) >= 11 is 3.10. The first-order chi connectivity index (χ1) is 6.27. The molecule has 0 radical (unpaired) electrons. The number of hydrogen-bond acceptors (Lipinski definition) is 2. The molecule has 13 heavy (non-hydrogen) atoms. The molecule has 0 bridgehead atoms. The lowest BCUT2D eigenvalue weighted by Gasteiger charge is -1.97. The van der Waals surface area contributed by atoms with Crippen LogP contribution in [0.3, 0.4) is 0 Å². The van der Waals surface area contributed by atoms with Crippen molar-refractivity contribution < 1.29 is 8.81 Å². The first kappa shape index (κ1) is 8.44. The van der Waals surface area contributed by atoms with Gasteiger partial charge < -0.3 is 4.42 Å². The fraction of sp³-hybridized carbons (Fsp3) is 0. The maximum atomic E-state index is 12.8. The van der Waals surface area contributed by atoms with Crippen LogP contribution in [0.4, 0.5) is 4.39 Å². The Morgan fingerprint density at radius 3 is 2.85 bits per heavy atom. The molecule has 0 saturated heterocycles. The Balaban J connectivity index is 2.49. The fourth-order valence-electron chi connectivity index (χ4n) is 1.01. The van der Waals surface area contributed by atoms with E-state index in [0.717, 1.165) is 5.56 Å². The van der Waals surface area contributed by atoms with Crippen LogP contribution >= 0.6 is 15.9 Å². The normalized spacial score (nSPS) is 10.3. The summed E-state index contributed by atoms with van der Waals surface area (Å²) in [7, 11) is 0. The molecule has 1 aromatic heterocycles. The highest BCUT2D eigenvalue weighted by Crippen LogP contribution is 2.23. The molecule has 2 rings (SSSR count). The number of hydrogen-bond donors (Lipinski definition) is 0. The molecule has 0 aliphatic heterocycles. The number of rotatable bonds is 1. The van der Waals surface area contributed by atoms with Crippen molar-refractivity contribution in [2.45, 2.75) is 0 Å². The lowest BCUT2D eigenvalue weighted by molar-refractivity contribution is 0.558. The average molecular weight is 242 g/mol. The molecule has 66 valence electrons. The van der Waals surface area contributed by atoms with Crippen molar-refractivity contribution in [3.05, 3.63) is 41.1 Å². The zero-order chi connectivity index (χ0) is 9.26. The fourth-order valence-corrected chi connectivity index (χ4v) is 1.39. The molecule has 0 saturated carbocycles. The first-order valence-corrected chi connectivity index (χ1v) is 4.40. The maximum Gasteiger partial charge on any atom is 0.181 e. The minimum Gasteiger partial charge on any atom is -0.451 e. The van der Waals surface area contributed by atoms with Crippen LogP contribution in [0.2, 0.25) is 0 Å². The van der Waals surface area contributed by atoms with Gasteiger partial charge in [-0.25, -0.2) is 9.37 Å². The van der Waals surface area contributed by atoms with Crippen LogP contribution in [-0.4, -0.2) is 4.98 Å². The predicted octanol–water partition coefficient (Wildman–Crippen LogP) is 3.24. The van der Waals surface area contributed by atoms with Crippen LogP contribution in [0.15, 0.2) is 39.7 Å². The van der Waals surface area contributed by atoms with Gasteiger partial charge >= 0.3 is 0 Å². The van der Waals surface area contributed by atoms with Gasteiger partial charge in [0.15, 0.2) is 6.39 Å². The second-order valence-corrected chi connectivity index (χ2v) is 3.36. The van der Waals surface area contributed by atoms with Gasteiger partial charge in [0.2, 0.25) is 0 Å². The van der Waals surface area contributed by atoms with E-state index in [-0.39, 0.29) is 5.82 Å². The van der Waals surface area contributed by atoms with Gasteiger partial charge in [0.25, 0.3) is 0 Å². The molecule has 0 spiro atoms. The predicted molar refractivity (Wildman–Crippen MR) is 49.6 cm³/mol. The summed E-state index contributed by atoms with van der Waals surface area (Å²) in [5, 5.41) is 0. The van der Waals surface area contributed by atoms with Crippen molar-refractivity contribution in [3.63, 3.8) is 0 Å². The van der Waals surface area contributed by atoms with Crippen LogP contribution < -0.4 is 0 Å². The van der Waals surface area contributed by atoms with E-state index in [0.29, 0.717) is 10.2 Å². The van der Waals surface area contributed by atoms with E-state index in [2.05, 4.69) is 20.9 Å². The average Bonchev–Trinajstić information content (AvgIpc) is 2.62. The third kappa shape index (κ3) is 1.62. The third-order valence-electron chi connectivity index (χ3n) is 1.65. The molecule has 4 heteroatoms. The van der Waals surface area contributed by atoms with E-state index < -0.39 is 0 Å². The Morgan fingerprint density at radius 1 is 1.38 bits per heavy atom. The number of benzene rings is 1. The zero-order valence-corrected chi connectivity index (χ0v) is 8.08. The Labute approximate surface area is 82.5 Å². The largest absolute Gasteiger partial charge is 0.451 e.